The van der Waals surface area contributed by atoms with Crippen molar-refractivity contribution in [3.05, 3.63) is 0 Å². The molecule has 13 heteroatoms. The summed E-state index contributed by atoms with van der Waals surface area (Å²) in [6, 6.07) is -0.316. The van der Waals surface area contributed by atoms with Crippen LogP contribution in [-0.4, -0.2) is 148 Å². The molecule has 0 aliphatic heterocycles. The van der Waals surface area contributed by atoms with Crippen LogP contribution in [0.3, 0.4) is 0 Å². The smallest absolute Gasteiger partial charge is 0.319 e. The van der Waals surface area contributed by atoms with Crippen molar-refractivity contribution in [3.8, 4) is 0 Å². The van der Waals surface area contributed by atoms with Gasteiger partial charge in [-0.05, 0) is 0 Å². The van der Waals surface area contributed by atoms with Gasteiger partial charge in [-0.1, -0.05) is 0 Å². The predicted octanol–water partition coefficient (Wildman–Crippen LogP) is 0.196. The predicted molar refractivity (Wildman–Crippen MR) is 129 cm³/mol. The van der Waals surface area contributed by atoms with Gasteiger partial charge >= 0.3 is 18.0 Å². The third-order valence-electron chi connectivity index (χ3n) is 4.54. The molecular formula is C23H44N2O11. The largest absolute Gasteiger partial charge is 0.463 e. The van der Waals surface area contributed by atoms with Gasteiger partial charge in [-0.3, -0.25) is 9.59 Å². The molecule has 0 aliphatic rings. The van der Waals surface area contributed by atoms with Gasteiger partial charge < -0.3 is 47.7 Å². The molecule has 0 atom stereocenters. The van der Waals surface area contributed by atoms with Crippen molar-refractivity contribution in [2.45, 2.75) is 12.8 Å². The van der Waals surface area contributed by atoms with Crippen LogP contribution in [0.4, 0.5) is 4.79 Å². The zero-order chi connectivity index (χ0) is 26.9. The van der Waals surface area contributed by atoms with E-state index in [9.17, 15) is 14.4 Å². The number of hydrogen-bond acceptors (Lipinski definition) is 11. The standard InChI is InChI=1S/C23H44N2O11/c1-24(7-5-21(26)35-19-17-33-15-13-31-11-9-29-3)23(28)25(2)8-6-22(27)36-20-18-34-16-14-32-12-10-30-4/h5-20H2,1-4H3. The number of amides is 2. The van der Waals surface area contributed by atoms with Crippen molar-refractivity contribution in [1.29, 1.82) is 0 Å². The zero-order valence-electron chi connectivity index (χ0n) is 22.2. The molecule has 0 spiro atoms. The number of nitrogens with zero attached hydrogens (tertiary/aromatic N) is 2. The minimum Gasteiger partial charge on any atom is -0.463 e. The number of ether oxygens (including phenoxy) is 8. The summed E-state index contributed by atoms with van der Waals surface area (Å²) in [6.45, 7) is 4.91. The number of carbonyl (C=O) groups excluding carboxylic acids is 3. The molecule has 0 saturated heterocycles. The van der Waals surface area contributed by atoms with Gasteiger partial charge in [0.2, 0.25) is 0 Å². The van der Waals surface area contributed by atoms with Crippen molar-refractivity contribution in [3.63, 3.8) is 0 Å². The van der Waals surface area contributed by atoms with Gasteiger partial charge in [-0.25, -0.2) is 4.79 Å². The van der Waals surface area contributed by atoms with E-state index in [4.69, 9.17) is 37.9 Å². The Hall–Kier alpha value is -2.03. The van der Waals surface area contributed by atoms with E-state index < -0.39 is 11.9 Å². The molecule has 0 heterocycles. The summed E-state index contributed by atoms with van der Waals surface area (Å²) in [5.74, 6) is -0.853. The lowest BCUT2D eigenvalue weighted by molar-refractivity contribution is -0.146. The second kappa shape index (κ2) is 24.7. The van der Waals surface area contributed by atoms with E-state index >= 15 is 0 Å². The van der Waals surface area contributed by atoms with Crippen LogP contribution in [-0.2, 0) is 47.5 Å². The van der Waals surface area contributed by atoms with Crippen molar-refractivity contribution in [2.75, 3.05) is 121 Å². The maximum absolute atomic E-state index is 12.4. The Kier molecular flexibility index (Phi) is 23.3. The summed E-state index contributed by atoms with van der Waals surface area (Å²) in [5, 5.41) is 0. The molecule has 0 N–H and O–H groups in total. The lowest BCUT2D eigenvalue weighted by atomic mass is 10.4. The monoisotopic (exact) mass is 524 g/mol. The molecule has 0 bridgehead atoms. The molecule has 212 valence electrons. The zero-order valence-corrected chi connectivity index (χ0v) is 22.2. The average Bonchev–Trinajstić information content (AvgIpc) is 2.87. The fourth-order valence-corrected chi connectivity index (χ4v) is 2.50. The average molecular weight is 525 g/mol. The van der Waals surface area contributed by atoms with Crippen molar-refractivity contribution in [1.82, 2.24) is 9.80 Å². The summed E-state index contributed by atoms with van der Waals surface area (Å²) in [6.07, 6.45) is 0.103. The molecule has 0 fully saturated rings. The molecule has 2 amide bonds. The summed E-state index contributed by atoms with van der Waals surface area (Å²) in [4.78, 5) is 38.8. The van der Waals surface area contributed by atoms with Gasteiger partial charge in [0, 0.05) is 41.4 Å². The van der Waals surface area contributed by atoms with Gasteiger partial charge in [0.1, 0.15) is 13.2 Å². The topological polar surface area (TPSA) is 132 Å². The highest BCUT2D eigenvalue weighted by Crippen LogP contribution is 2.00. The number of carbonyl (C=O) groups is 3. The minimum absolute atomic E-state index is 0.0513. The number of rotatable bonds is 24. The minimum atomic E-state index is -0.426. The molecule has 0 unspecified atom stereocenters. The fourth-order valence-electron chi connectivity index (χ4n) is 2.50. The van der Waals surface area contributed by atoms with Crippen LogP contribution in [0.5, 0.6) is 0 Å². The third-order valence-corrected chi connectivity index (χ3v) is 4.54. The molecule has 0 aromatic rings. The van der Waals surface area contributed by atoms with E-state index in [1.807, 2.05) is 0 Å². The molecule has 0 saturated carbocycles. The fraction of sp³-hybridized carbons (Fsp3) is 0.870. The van der Waals surface area contributed by atoms with E-state index in [2.05, 4.69) is 0 Å². The van der Waals surface area contributed by atoms with Crippen LogP contribution in [0.2, 0.25) is 0 Å². The van der Waals surface area contributed by atoms with E-state index in [-0.39, 0.29) is 58.4 Å². The van der Waals surface area contributed by atoms with Gasteiger partial charge in [-0.2, -0.15) is 0 Å². The highest BCUT2D eigenvalue weighted by Gasteiger charge is 2.17. The summed E-state index contributed by atoms with van der Waals surface area (Å²) in [7, 11) is 6.36. The first-order chi connectivity index (χ1) is 17.4. The second-order valence-electron chi connectivity index (χ2n) is 7.50. The van der Waals surface area contributed by atoms with Crippen molar-refractivity contribution < 1.29 is 52.3 Å². The Morgan fingerprint density at radius 2 is 0.806 bits per heavy atom. The Balaban J connectivity index is 3.74. The van der Waals surface area contributed by atoms with Gasteiger partial charge in [0.15, 0.2) is 0 Å². The highest BCUT2D eigenvalue weighted by atomic mass is 16.6. The van der Waals surface area contributed by atoms with Crippen LogP contribution in [0.1, 0.15) is 12.8 Å². The Bertz CT molecular complexity index is 520. The van der Waals surface area contributed by atoms with Crippen LogP contribution in [0.25, 0.3) is 0 Å². The van der Waals surface area contributed by atoms with Gasteiger partial charge in [-0.15, -0.1) is 0 Å². The molecule has 0 aromatic carbocycles. The quantitative estimate of drug-likeness (QED) is 0.127. The molecule has 0 radical (unpaired) electrons. The maximum Gasteiger partial charge on any atom is 0.319 e. The van der Waals surface area contributed by atoms with Crippen molar-refractivity contribution in [2.24, 2.45) is 0 Å². The van der Waals surface area contributed by atoms with E-state index in [1.165, 1.54) is 9.80 Å². The van der Waals surface area contributed by atoms with E-state index in [1.54, 1.807) is 28.3 Å². The summed E-state index contributed by atoms with van der Waals surface area (Å²) < 4.78 is 41.0. The third kappa shape index (κ3) is 21.3. The molecule has 0 rings (SSSR count). The Morgan fingerprint density at radius 1 is 0.500 bits per heavy atom. The van der Waals surface area contributed by atoms with Crippen LogP contribution >= 0.6 is 0 Å². The Labute approximate surface area is 214 Å². The summed E-state index contributed by atoms with van der Waals surface area (Å²) in [5.41, 5.74) is 0. The van der Waals surface area contributed by atoms with E-state index in [0.29, 0.717) is 52.9 Å². The number of esters is 2. The van der Waals surface area contributed by atoms with Crippen LogP contribution in [0.15, 0.2) is 0 Å². The maximum atomic E-state index is 12.4. The Morgan fingerprint density at radius 3 is 1.14 bits per heavy atom. The SMILES string of the molecule is COCCOCCOCCOC(=O)CCN(C)C(=O)N(C)CCC(=O)OCCOCCOCCOC. The van der Waals surface area contributed by atoms with Gasteiger partial charge in [0.05, 0.1) is 78.9 Å². The molecule has 0 aromatic heterocycles. The molecule has 0 aliphatic carbocycles. The lowest BCUT2D eigenvalue weighted by Gasteiger charge is -2.24. The normalized spacial score (nSPS) is 10.8. The number of hydrogen-bond donors (Lipinski definition) is 0. The first-order valence-corrected chi connectivity index (χ1v) is 12.0. The summed E-state index contributed by atoms with van der Waals surface area (Å²) >= 11 is 0. The second-order valence-corrected chi connectivity index (χ2v) is 7.50. The highest BCUT2D eigenvalue weighted by molar-refractivity contribution is 5.76. The van der Waals surface area contributed by atoms with Crippen LogP contribution < -0.4 is 0 Å². The van der Waals surface area contributed by atoms with E-state index in [0.717, 1.165) is 0 Å². The van der Waals surface area contributed by atoms with Crippen molar-refractivity contribution >= 4 is 18.0 Å². The van der Waals surface area contributed by atoms with Gasteiger partial charge in [0.25, 0.3) is 0 Å². The number of urea groups is 1. The molecule has 13 nitrogen and oxygen atoms in total. The van der Waals surface area contributed by atoms with Crippen LogP contribution in [0, 0.1) is 0 Å². The molecular weight excluding hydrogens is 480 g/mol. The lowest BCUT2D eigenvalue weighted by Crippen LogP contribution is -2.40. The first kappa shape index (κ1) is 34.0. The number of methoxy groups -OCH3 is 2. The first-order valence-electron chi connectivity index (χ1n) is 12.0. The molecule has 36 heavy (non-hydrogen) atoms.